The number of rotatable bonds is 6. The molecule has 0 aromatic heterocycles. The Morgan fingerprint density at radius 2 is 1.81 bits per heavy atom. The molecular formula is C20H23ClN2O2S. The van der Waals surface area contributed by atoms with Crippen LogP contribution in [0.1, 0.15) is 12.5 Å². The van der Waals surface area contributed by atoms with Crippen molar-refractivity contribution in [3.63, 3.8) is 0 Å². The van der Waals surface area contributed by atoms with E-state index in [0.717, 1.165) is 36.8 Å². The molecule has 2 aromatic rings. The van der Waals surface area contributed by atoms with Gasteiger partial charge in [-0.3, -0.25) is 4.79 Å². The number of morpholine rings is 1. The molecule has 138 valence electrons. The quantitative estimate of drug-likeness (QED) is 0.757. The lowest BCUT2D eigenvalue weighted by Crippen LogP contribution is -2.36. The largest absolute Gasteiger partial charge is 0.378 e. The van der Waals surface area contributed by atoms with E-state index in [-0.39, 0.29) is 11.2 Å². The van der Waals surface area contributed by atoms with Gasteiger partial charge in [0, 0.05) is 35.2 Å². The number of hydrogen-bond acceptors (Lipinski definition) is 4. The molecule has 0 spiro atoms. The van der Waals surface area contributed by atoms with E-state index in [1.165, 1.54) is 17.4 Å². The first-order valence-electron chi connectivity index (χ1n) is 8.73. The van der Waals surface area contributed by atoms with E-state index >= 15 is 0 Å². The van der Waals surface area contributed by atoms with E-state index in [1.54, 1.807) is 0 Å². The SMILES string of the molecule is C[C@H](Sc1ccc(Cl)cc1)C(=O)NCc1ccc(N2CCOCC2)cc1. The summed E-state index contributed by atoms with van der Waals surface area (Å²) in [4.78, 5) is 15.7. The molecule has 26 heavy (non-hydrogen) atoms. The highest BCUT2D eigenvalue weighted by Crippen LogP contribution is 2.25. The third-order valence-electron chi connectivity index (χ3n) is 4.28. The number of carbonyl (C=O) groups excluding carboxylic acids is 1. The van der Waals surface area contributed by atoms with Gasteiger partial charge in [0.1, 0.15) is 0 Å². The Morgan fingerprint density at radius 3 is 2.46 bits per heavy atom. The highest BCUT2D eigenvalue weighted by Gasteiger charge is 2.14. The maximum atomic E-state index is 12.3. The minimum atomic E-state index is -0.163. The van der Waals surface area contributed by atoms with Crippen LogP contribution in [0.25, 0.3) is 0 Å². The third-order valence-corrected chi connectivity index (χ3v) is 5.64. The average Bonchev–Trinajstić information content (AvgIpc) is 2.69. The van der Waals surface area contributed by atoms with Gasteiger partial charge in [-0.05, 0) is 48.9 Å². The number of thioether (sulfide) groups is 1. The molecule has 1 heterocycles. The smallest absolute Gasteiger partial charge is 0.233 e. The summed E-state index contributed by atoms with van der Waals surface area (Å²) in [6.45, 7) is 5.86. The van der Waals surface area contributed by atoms with Crippen LogP contribution in [0.15, 0.2) is 53.4 Å². The number of halogens is 1. The predicted molar refractivity (Wildman–Crippen MR) is 108 cm³/mol. The second-order valence-electron chi connectivity index (χ2n) is 6.20. The lowest BCUT2D eigenvalue weighted by Gasteiger charge is -2.28. The van der Waals surface area contributed by atoms with Crippen LogP contribution in [-0.2, 0) is 16.1 Å². The van der Waals surface area contributed by atoms with Crippen molar-refractivity contribution in [2.45, 2.75) is 23.6 Å². The normalized spacial score (nSPS) is 15.5. The summed E-state index contributed by atoms with van der Waals surface area (Å²) in [5.41, 5.74) is 2.30. The first-order valence-corrected chi connectivity index (χ1v) is 9.99. The van der Waals surface area contributed by atoms with Crippen LogP contribution < -0.4 is 10.2 Å². The van der Waals surface area contributed by atoms with Gasteiger partial charge in [0.25, 0.3) is 0 Å². The molecule has 1 atom stereocenters. The van der Waals surface area contributed by atoms with Gasteiger partial charge in [-0.2, -0.15) is 0 Å². The van der Waals surface area contributed by atoms with Crippen molar-refractivity contribution in [2.24, 2.45) is 0 Å². The molecule has 0 bridgehead atoms. The predicted octanol–water partition coefficient (Wildman–Crippen LogP) is 3.97. The van der Waals surface area contributed by atoms with Gasteiger partial charge < -0.3 is 15.0 Å². The van der Waals surface area contributed by atoms with Gasteiger partial charge in [-0.15, -0.1) is 11.8 Å². The van der Waals surface area contributed by atoms with Crippen LogP contribution in [0, 0.1) is 0 Å². The van der Waals surface area contributed by atoms with Crippen molar-refractivity contribution >= 4 is 35.0 Å². The Labute approximate surface area is 163 Å². The van der Waals surface area contributed by atoms with Crippen LogP contribution in [0.5, 0.6) is 0 Å². The summed E-state index contributed by atoms with van der Waals surface area (Å²) in [6.07, 6.45) is 0. The molecule has 3 rings (SSSR count). The number of nitrogens with one attached hydrogen (secondary N) is 1. The first kappa shape index (κ1) is 19.1. The fraction of sp³-hybridized carbons (Fsp3) is 0.350. The first-order chi connectivity index (χ1) is 12.6. The average molecular weight is 391 g/mol. The van der Waals surface area contributed by atoms with Crippen LogP contribution in [-0.4, -0.2) is 37.5 Å². The Morgan fingerprint density at radius 1 is 1.15 bits per heavy atom. The summed E-state index contributed by atoms with van der Waals surface area (Å²) in [5, 5.41) is 3.55. The molecule has 1 amide bonds. The lowest BCUT2D eigenvalue weighted by molar-refractivity contribution is -0.120. The van der Waals surface area contributed by atoms with Gasteiger partial charge in [0.15, 0.2) is 0 Å². The Balaban J connectivity index is 1.48. The molecule has 4 nitrogen and oxygen atoms in total. The molecule has 0 saturated carbocycles. The van der Waals surface area contributed by atoms with Crippen LogP contribution in [0.3, 0.4) is 0 Å². The zero-order chi connectivity index (χ0) is 18.4. The molecule has 1 N–H and O–H groups in total. The van der Waals surface area contributed by atoms with E-state index in [1.807, 2.05) is 31.2 Å². The van der Waals surface area contributed by atoms with Crippen LogP contribution in [0.4, 0.5) is 5.69 Å². The van der Waals surface area contributed by atoms with Crippen molar-refractivity contribution in [1.82, 2.24) is 5.32 Å². The number of ether oxygens (including phenoxy) is 1. The molecule has 0 radical (unpaired) electrons. The zero-order valence-corrected chi connectivity index (χ0v) is 16.4. The van der Waals surface area contributed by atoms with Gasteiger partial charge in [0.05, 0.1) is 18.5 Å². The second-order valence-corrected chi connectivity index (χ2v) is 8.05. The fourth-order valence-corrected chi connectivity index (χ4v) is 3.77. The van der Waals surface area contributed by atoms with E-state index in [9.17, 15) is 4.79 Å². The molecule has 0 unspecified atom stereocenters. The zero-order valence-electron chi connectivity index (χ0n) is 14.8. The number of anilines is 1. The summed E-state index contributed by atoms with van der Waals surface area (Å²) >= 11 is 7.42. The Bertz CT molecular complexity index is 716. The molecule has 1 saturated heterocycles. The van der Waals surface area contributed by atoms with Crippen molar-refractivity contribution in [2.75, 3.05) is 31.2 Å². The summed E-state index contributed by atoms with van der Waals surface area (Å²) in [5.74, 6) is 0.0298. The maximum absolute atomic E-state index is 12.3. The Kier molecular flexibility index (Phi) is 6.83. The van der Waals surface area contributed by atoms with Gasteiger partial charge in [-0.1, -0.05) is 23.7 Å². The van der Waals surface area contributed by atoms with E-state index in [4.69, 9.17) is 16.3 Å². The summed E-state index contributed by atoms with van der Waals surface area (Å²) in [7, 11) is 0. The topological polar surface area (TPSA) is 41.6 Å². The van der Waals surface area contributed by atoms with Crippen molar-refractivity contribution in [3.8, 4) is 0 Å². The lowest BCUT2D eigenvalue weighted by atomic mass is 10.2. The number of carbonyl (C=O) groups is 1. The summed E-state index contributed by atoms with van der Waals surface area (Å²) < 4.78 is 5.38. The molecule has 2 aromatic carbocycles. The standard InChI is InChI=1S/C20H23ClN2O2S/c1-15(26-19-8-4-17(21)5-9-19)20(24)22-14-16-2-6-18(7-3-16)23-10-12-25-13-11-23/h2-9,15H,10-14H2,1H3,(H,22,24)/t15-/m0/s1. The number of amides is 1. The monoisotopic (exact) mass is 390 g/mol. The van der Waals surface area contributed by atoms with E-state index in [2.05, 4.69) is 34.5 Å². The number of nitrogens with zero attached hydrogens (tertiary/aromatic N) is 1. The minimum Gasteiger partial charge on any atom is -0.378 e. The number of hydrogen-bond donors (Lipinski definition) is 1. The van der Waals surface area contributed by atoms with Gasteiger partial charge in [0.2, 0.25) is 5.91 Å². The molecule has 6 heteroatoms. The van der Waals surface area contributed by atoms with Crippen molar-refractivity contribution in [1.29, 1.82) is 0 Å². The van der Waals surface area contributed by atoms with E-state index < -0.39 is 0 Å². The molecule has 1 fully saturated rings. The number of benzene rings is 2. The highest BCUT2D eigenvalue weighted by atomic mass is 35.5. The molecule has 1 aliphatic heterocycles. The Hall–Kier alpha value is -1.69. The fourth-order valence-electron chi connectivity index (χ4n) is 2.75. The van der Waals surface area contributed by atoms with Gasteiger partial charge >= 0.3 is 0 Å². The molecule has 1 aliphatic rings. The van der Waals surface area contributed by atoms with Crippen molar-refractivity contribution < 1.29 is 9.53 Å². The van der Waals surface area contributed by atoms with Gasteiger partial charge in [-0.25, -0.2) is 0 Å². The summed E-state index contributed by atoms with van der Waals surface area (Å²) in [6, 6.07) is 15.9. The molecule has 0 aliphatic carbocycles. The minimum absolute atomic E-state index is 0.0298. The van der Waals surface area contributed by atoms with Crippen LogP contribution in [0.2, 0.25) is 5.02 Å². The maximum Gasteiger partial charge on any atom is 0.233 e. The van der Waals surface area contributed by atoms with Crippen molar-refractivity contribution in [3.05, 3.63) is 59.1 Å². The second kappa shape index (κ2) is 9.31. The third kappa shape index (κ3) is 5.40. The highest BCUT2D eigenvalue weighted by molar-refractivity contribution is 8.00. The van der Waals surface area contributed by atoms with E-state index in [0.29, 0.717) is 11.6 Å². The van der Waals surface area contributed by atoms with Crippen LogP contribution >= 0.6 is 23.4 Å². The molecular weight excluding hydrogens is 368 g/mol.